The molecule has 0 heterocycles. The van der Waals surface area contributed by atoms with Crippen LogP contribution in [0.25, 0.3) is 0 Å². The van der Waals surface area contributed by atoms with E-state index < -0.39 is 5.97 Å². The number of nitrogens with one attached hydrogen (secondary N) is 1. The van der Waals surface area contributed by atoms with Gasteiger partial charge in [0, 0.05) is 12.5 Å². The quantitative estimate of drug-likeness (QED) is 0.811. The Morgan fingerprint density at radius 1 is 1.17 bits per heavy atom. The van der Waals surface area contributed by atoms with Gasteiger partial charge in [0.1, 0.15) is 11.5 Å². The molecule has 0 aliphatic rings. The molecule has 2 N–H and O–H groups in total. The molecule has 0 bridgehead atoms. The van der Waals surface area contributed by atoms with E-state index >= 15 is 0 Å². The third kappa shape index (κ3) is 5.12. The number of hydrogen-bond acceptors (Lipinski definition) is 3. The molecule has 0 radical (unpaired) electrons. The van der Waals surface area contributed by atoms with Gasteiger partial charge in [-0.25, -0.2) is 0 Å². The number of para-hydroxylation sites is 1. The van der Waals surface area contributed by atoms with Crippen LogP contribution < -0.4 is 10.1 Å². The number of carbonyl (C=O) groups excluding carboxylic acids is 1. The van der Waals surface area contributed by atoms with Crippen LogP contribution in [0.1, 0.15) is 35.7 Å². The molecule has 0 saturated heterocycles. The van der Waals surface area contributed by atoms with E-state index in [0.29, 0.717) is 23.5 Å². The van der Waals surface area contributed by atoms with Crippen LogP contribution in [-0.2, 0) is 4.79 Å². The summed E-state index contributed by atoms with van der Waals surface area (Å²) in [5.41, 5.74) is 1.48. The van der Waals surface area contributed by atoms with Crippen molar-refractivity contribution in [2.24, 2.45) is 0 Å². The maximum absolute atomic E-state index is 12.4. The molecule has 0 aliphatic carbocycles. The van der Waals surface area contributed by atoms with E-state index in [2.05, 4.69) is 5.32 Å². The van der Waals surface area contributed by atoms with Gasteiger partial charge >= 0.3 is 5.97 Å². The van der Waals surface area contributed by atoms with Crippen molar-refractivity contribution in [1.29, 1.82) is 0 Å². The molecule has 0 aliphatic heterocycles. The number of carboxylic acids is 1. The minimum atomic E-state index is -0.876. The molecule has 2 rings (SSSR count). The molecule has 0 aromatic heterocycles. The van der Waals surface area contributed by atoms with Crippen LogP contribution in [0.2, 0.25) is 0 Å². The fourth-order valence-electron chi connectivity index (χ4n) is 2.26. The maximum atomic E-state index is 12.4. The number of benzene rings is 2. The number of rotatable bonds is 7. The molecule has 2 aromatic rings. The average Bonchev–Trinajstić information content (AvgIpc) is 2.53. The Morgan fingerprint density at radius 2 is 1.92 bits per heavy atom. The first-order valence-electron chi connectivity index (χ1n) is 7.82. The molecule has 1 amide bonds. The normalized spacial score (nSPS) is 11.6. The number of ether oxygens (including phenoxy) is 1. The van der Waals surface area contributed by atoms with E-state index in [1.807, 2.05) is 31.2 Å². The Kier molecular flexibility index (Phi) is 5.95. The van der Waals surface area contributed by atoms with Gasteiger partial charge in [-0.2, -0.15) is 0 Å². The molecular formula is C19H21NO4. The van der Waals surface area contributed by atoms with Crippen molar-refractivity contribution in [1.82, 2.24) is 5.32 Å². The molecular weight excluding hydrogens is 306 g/mol. The van der Waals surface area contributed by atoms with Crippen LogP contribution >= 0.6 is 0 Å². The number of aliphatic carboxylic acids is 1. The lowest BCUT2D eigenvalue weighted by Crippen LogP contribution is -2.33. The van der Waals surface area contributed by atoms with Gasteiger partial charge in [-0.1, -0.05) is 24.3 Å². The Labute approximate surface area is 141 Å². The SMILES string of the molecule is Cc1cccc(Oc2ccccc2C(=O)NC(C)CCC(=O)O)c1. The maximum Gasteiger partial charge on any atom is 0.303 e. The zero-order valence-corrected chi connectivity index (χ0v) is 13.8. The molecule has 1 unspecified atom stereocenters. The minimum absolute atomic E-state index is 0.0168. The van der Waals surface area contributed by atoms with Crippen molar-refractivity contribution >= 4 is 11.9 Å². The molecule has 0 spiro atoms. The molecule has 0 saturated carbocycles. The summed E-state index contributed by atoms with van der Waals surface area (Å²) in [5, 5.41) is 11.5. The summed E-state index contributed by atoms with van der Waals surface area (Å²) < 4.78 is 5.84. The van der Waals surface area contributed by atoms with Gasteiger partial charge in [-0.05, 0) is 50.1 Å². The minimum Gasteiger partial charge on any atom is -0.481 e. The third-order valence-electron chi connectivity index (χ3n) is 3.52. The van der Waals surface area contributed by atoms with E-state index in [1.165, 1.54) is 0 Å². The van der Waals surface area contributed by atoms with Crippen molar-refractivity contribution in [3.63, 3.8) is 0 Å². The summed E-state index contributed by atoms with van der Waals surface area (Å²) in [6.07, 6.45) is 0.394. The fraction of sp³-hybridized carbons (Fsp3) is 0.263. The summed E-state index contributed by atoms with van der Waals surface area (Å²) in [7, 11) is 0. The van der Waals surface area contributed by atoms with E-state index in [1.54, 1.807) is 31.2 Å². The van der Waals surface area contributed by atoms with Crippen molar-refractivity contribution in [3.8, 4) is 11.5 Å². The highest BCUT2D eigenvalue weighted by Crippen LogP contribution is 2.26. The molecule has 5 nitrogen and oxygen atoms in total. The Bertz CT molecular complexity index is 727. The Hall–Kier alpha value is -2.82. The van der Waals surface area contributed by atoms with Gasteiger partial charge in [0.05, 0.1) is 5.56 Å². The van der Waals surface area contributed by atoms with E-state index in [0.717, 1.165) is 5.56 Å². The van der Waals surface area contributed by atoms with Crippen LogP contribution in [-0.4, -0.2) is 23.0 Å². The number of hydrogen-bond donors (Lipinski definition) is 2. The number of amides is 1. The van der Waals surface area contributed by atoms with Crippen LogP contribution in [0.5, 0.6) is 11.5 Å². The largest absolute Gasteiger partial charge is 0.481 e. The van der Waals surface area contributed by atoms with Crippen molar-refractivity contribution in [2.75, 3.05) is 0 Å². The van der Waals surface area contributed by atoms with Crippen molar-refractivity contribution in [2.45, 2.75) is 32.7 Å². The topological polar surface area (TPSA) is 75.6 Å². The molecule has 126 valence electrons. The zero-order valence-electron chi connectivity index (χ0n) is 13.8. The predicted molar refractivity (Wildman–Crippen MR) is 91.5 cm³/mol. The summed E-state index contributed by atoms with van der Waals surface area (Å²) in [6, 6.07) is 14.3. The Balaban J connectivity index is 2.10. The summed E-state index contributed by atoms with van der Waals surface area (Å²) >= 11 is 0. The zero-order chi connectivity index (χ0) is 17.5. The van der Waals surface area contributed by atoms with E-state index in [-0.39, 0.29) is 18.4 Å². The van der Waals surface area contributed by atoms with Crippen LogP contribution in [0.3, 0.4) is 0 Å². The van der Waals surface area contributed by atoms with Gasteiger partial charge in [0.2, 0.25) is 0 Å². The highest BCUT2D eigenvalue weighted by atomic mass is 16.5. The van der Waals surface area contributed by atoms with Gasteiger partial charge in [0.25, 0.3) is 5.91 Å². The highest BCUT2D eigenvalue weighted by Gasteiger charge is 2.15. The predicted octanol–water partition coefficient (Wildman–Crippen LogP) is 3.77. The molecule has 5 heteroatoms. The van der Waals surface area contributed by atoms with E-state index in [9.17, 15) is 9.59 Å². The standard InChI is InChI=1S/C19H21NO4/c1-13-6-5-7-15(12-13)24-17-9-4-3-8-16(17)19(23)20-14(2)10-11-18(21)22/h3-9,12,14H,10-11H2,1-2H3,(H,20,23)(H,21,22). The van der Waals surface area contributed by atoms with Crippen molar-refractivity contribution < 1.29 is 19.4 Å². The monoisotopic (exact) mass is 327 g/mol. The van der Waals surface area contributed by atoms with Crippen LogP contribution in [0, 0.1) is 6.92 Å². The smallest absolute Gasteiger partial charge is 0.303 e. The van der Waals surface area contributed by atoms with Gasteiger partial charge < -0.3 is 15.2 Å². The lowest BCUT2D eigenvalue weighted by Gasteiger charge is -2.15. The van der Waals surface area contributed by atoms with Crippen molar-refractivity contribution in [3.05, 3.63) is 59.7 Å². The number of carboxylic acid groups (broad SMARTS) is 1. The first-order valence-corrected chi connectivity index (χ1v) is 7.82. The second-order valence-corrected chi connectivity index (χ2v) is 5.72. The summed E-state index contributed by atoms with van der Waals surface area (Å²) in [6.45, 7) is 3.75. The van der Waals surface area contributed by atoms with Gasteiger partial charge in [-0.3, -0.25) is 9.59 Å². The first-order chi connectivity index (χ1) is 11.5. The first kappa shape index (κ1) is 17.5. The molecule has 1 atom stereocenters. The molecule has 24 heavy (non-hydrogen) atoms. The fourth-order valence-corrected chi connectivity index (χ4v) is 2.26. The number of carbonyl (C=O) groups is 2. The number of aryl methyl sites for hydroxylation is 1. The van der Waals surface area contributed by atoms with Crippen LogP contribution in [0.4, 0.5) is 0 Å². The molecule has 0 fully saturated rings. The molecule has 2 aromatic carbocycles. The summed E-state index contributed by atoms with van der Waals surface area (Å²) in [5.74, 6) is -0.0318. The lowest BCUT2D eigenvalue weighted by atomic mass is 10.1. The van der Waals surface area contributed by atoms with Gasteiger partial charge in [-0.15, -0.1) is 0 Å². The average molecular weight is 327 g/mol. The van der Waals surface area contributed by atoms with Gasteiger partial charge in [0.15, 0.2) is 0 Å². The third-order valence-corrected chi connectivity index (χ3v) is 3.52. The second-order valence-electron chi connectivity index (χ2n) is 5.72. The van der Waals surface area contributed by atoms with E-state index in [4.69, 9.17) is 9.84 Å². The lowest BCUT2D eigenvalue weighted by molar-refractivity contribution is -0.137. The van der Waals surface area contributed by atoms with Crippen LogP contribution in [0.15, 0.2) is 48.5 Å². The second kappa shape index (κ2) is 8.15. The Morgan fingerprint density at radius 3 is 2.62 bits per heavy atom. The summed E-state index contributed by atoms with van der Waals surface area (Å²) in [4.78, 5) is 23.1. The highest BCUT2D eigenvalue weighted by molar-refractivity contribution is 5.97.